The Morgan fingerprint density at radius 1 is 1.30 bits per heavy atom. The average Bonchev–Trinajstić information content (AvgIpc) is 3.20. The molecule has 4 N–H and O–H groups in total. The summed E-state index contributed by atoms with van der Waals surface area (Å²) in [4.78, 5) is 12.0. The van der Waals surface area contributed by atoms with Crippen molar-refractivity contribution < 1.29 is 32.9 Å². The number of carbonyl (C=O) groups excluding carboxylic acids is 1. The van der Waals surface area contributed by atoms with Gasteiger partial charge in [-0.2, -0.15) is 13.2 Å². The normalized spacial score (nSPS) is 22.6. The molecule has 27 heavy (non-hydrogen) atoms. The van der Waals surface area contributed by atoms with Crippen LogP contribution in [0.3, 0.4) is 0 Å². The first-order valence-electron chi connectivity index (χ1n) is 7.80. The van der Waals surface area contributed by atoms with Crippen LogP contribution in [0.15, 0.2) is 24.3 Å². The Hall–Kier alpha value is -2.28. The molecule has 1 aliphatic rings. The number of nitrogens with one attached hydrogen (secondary N) is 2. The zero-order valence-electron chi connectivity index (χ0n) is 13.6. The number of nitrogens with zero attached hydrogens (tertiary/aromatic N) is 2. The Kier molecular flexibility index (Phi) is 5.60. The SMILES string of the molecule is O=C(Nc1nnc([C@H]2C[C@H](O)[C@@H](CO)O2)s1)Nc1ccccc1C(F)(F)F. The molecule has 1 saturated heterocycles. The van der Waals surface area contributed by atoms with Crippen LogP contribution in [-0.2, 0) is 10.9 Å². The second kappa shape index (κ2) is 7.76. The molecule has 0 bridgehead atoms. The molecule has 3 atom stereocenters. The molecule has 2 heterocycles. The van der Waals surface area contributed by atoms with Crippen LogP contribution < -0.4 is 10.6 Å². The largest absolute Gasteiger partial charge is 0.418 e. The van der Waals surface area contributed by atoms with Crippen molar-refractivity contribution in [1.29, 1.82) is 0 Å². The number of ether oxygens (including phenoxy) is 1. The predicted octanol–water partition coefficient (Wildman–Crippen LogP) is 2.38. The van der Waals surface area contributed by atoms with E-state index in [0.717, 1.165) is 23.5 Å². The van der Waals surface area contributed by atoms with E-state index in [1.807, 2.05) is 0 Å². The van der Waals surface area contributed by atoms with Crippen molar-refractivity contribution in [2.45, 2.75) is 30.9 Å². The van der Waals surface area contributed by atoms with E-state index in [-0.39, 0.29) is 23.8 Å². The van der Waals surface area contributed by atoms with Crippen molar-refractivity contribution in [2.24, 2.45) is 0 Å². The maximum atomic E-state index is 13.0. The van der Waals surface area contributed by atoms with E-state index in [4.69, 9.17) is 9.84 Å². The van der Waals surface area contributed by atoms with Gasteiger partial charge in [-0.15, -0.1) is 10.2 Å². The summed E-state index contributed by atoms with van der Waals surface area (Å²) in [5.74, 6) is 0. The van der Waals surface area contributed by atoms with Gasteiger partial charge in [-0.05, 0) is 12.1 Å². The van der Waals surface area contributed by atoms with Gasteiger partial charge in [-0.25, -0.2) is 4.79 Å². The Bertz CT molecular complexity index is 816. The van der Waals surface area contributed by atoms with Gasteiger partial charge in [-0.1, -0.05) is 23.5 Å². The molecule has 1 aliphatic heterocycles. The lowest BCUT2D eigenvalue weighted by atomic mass is 10.1. The number of hydrogen-bond donors (Lipinski definition) is 4. The number of benzene rings is 1. The van der Waals surface area contributed by atoms with Crippen LogP contribution in [0.1, 0.15) is 23.1 Å². The molecule has 2 amide bonds. The number of halogens is 3. The molecule has 1 aromatic heterocycles. The van der Waals surface area contributed by atoms with Gasteiger partial charge in [0, 0.05) is 6.42 Å². The molecular weight excluding hydrogens is 389 g/mol. The molecule has 3 rings (SSSR count). The van der Waals surface area contributed by atoms with Gasteiger partial charge in [0.05, 0.1) is 24.0 Å². The molecule has 2 aromatic rings. The van der Waals surface area contributed by atoms with Crippen LogP contribution in [0.4, 0.5) is 28.8 Å². The van der Waals surface area contributed by atoms with Crippen LogP contribution in [0, 0.1) is 0 Å². The highest BCUT2D eigenvalue weighted by atomic mass is 32.1. The smallest absolute Gasteiger partial charge is 0.394 e. The number of anilines is 2. The third-order valence-electron chi connectivity index (χ3n) is 3.82. The molecule has 0 aliphatic carbocycles. The molecule has 146 valence electrons. The lowest BCUT2D eigenvalue weighted by Crippen LogP contribution is -2.24. The minimum absolute atomic E-state index is 0.0533. The highest BCUT2D eigenvalue weighted by molar-refractivity contribution is 7.15. The second-order valence-corrected chi connectivity index (χ2v) is 6.73. The first-order chi connectivity index (χ1) is 12.8. The summed E-state index contributed by atoms with van der Waals surface area (Å²) in [6.45, 7) is -0.345. The van der Waals surface area contributed by atoms with Crippen molar-refractivity contribution >= 4 is 28.2 Å². The fourth-order valence-electron chi connectivity index (χ4n) is 2.56. The minimum Gasteiger partial charge on any atom is -0.394 e. The van der Waals surface area contributed by atoms with E-state index < -0.39 is 36.1 Å². The standard InChI is InChI=1S/C15H15F3N4O4S/c16-15(17,18)7-3-1-2-4-8(7)19-13(25)20-14-22-21-12(27-14)10-5-9(24)11(6-23)26-10/h1-4,9-11,23-24H,5-6H2,(H2,19,20,22,25)/t9-,10+,11+/m0/s1. The summed E-state index contributed by atoms with van der Waals surface area (Å²) in [5, 5.41) is 31.3. The number of aliphatic hydroxyl groups is 2. The second-order valence-electron chi connectivity index (χ2n) is 5.72. The number of rotatable bonds is 4. The van der Waals surface area contributed by atoms with Crippen molar-refractivity contribution in [1.82, 2.24) is 10.2 Å². The molecule has 8 nitrogen and oxygen atoms in total. The molecule has 0 radical (unpaired) electrons. The predicted molar refractivity (Wildman–Crippen MR) is 89.3 cm³/mol. The number of aromatic nitrogens is 2. The van der Waals surface area contributed by atoms with Crippen molar-refractivity contribution in [3.63, 3.8) is 0 Å². The van der Waals surface area contributed by atoms with Crippen molar-refractivity contribution in [3.05, 3.63) is 34.8 Å². The fraction of sp³-hybridized carbons (Fsp3) is 0.400. The molecule has 0 unspecified atom stereocenters. The summed E-state index contributed by atoms with van der Waals surface area (Å²) in [5.41, 5.74) is -1.36. The topological polar surface area (TPSA) is 117 Å². The third-order valence-corrected chi connectivity index (χ3v) is 4.75. The summed E-state index contributed by atoms with van der Waals surface area (Å²) in [7, 11) is 0. The number of aliphatic hydroxyl groups excluding tert-OH is 2. The quantitative estimate of drug-likeness (QED) is 0.622. The summed E-state index contributed by atoms with van der Waals surface area (Å²) >= 11 is 0.959. The van der Waals surface area contributed by atoms with Gasteiger partial charge in [0.2, 0.25) is 5.13 Å². The van der Waals surface area contributed by atoms with Crippen molar-refractivity contribution in [2.75, 3.05) is 17.2 Å². The lowest BCUT2D eigenvalue weighted by molar-refractivity contribution is -0.136. The summed E-state index contributed by atoms with van der Waals surface area (Å²) in [6.07, 6.45) is -6.55. The van der Waals surface area contributed by atoms with Gasteiger partial charge in [0.25, 0.3) is 0 Å². The highest BCUT2D eigenvalue weighted by Gasteiger charge is 2.36. The van der Waals surface area contributed by atoms with Crippen LogP contribution >= 0.6 is 11.3 Å². The fourth-order valence-corrected chi connectivity index (χ4v) is 3.35. The van der Waals surface area contributed by atoms with Gasteiger partial charge in [0.15, 0.2) is 0 Å². The van der Waals surface area contributed by atoms with Crippen LogP contribution in [0.2, 0.25) is 0 Å². The monoisotopic (exact) mass is 404 g/mol. The van der Waals surface area contributed by atoms with Gasteiger partial charge in [0.1, 0.15) is 17.2 Å². The Morgan fingerprint density at radius 3 is 2.70 bits per heavy atom. The summed E-state index contributed by atoms with van der Waals surface area (Å²) < 4.78 is 44.3. The number of amides is 2. The third kappa shape index (κ3) is 4.53. The van der Waals surface area contributed by atoms with Gasteiger partial charge >= 0.3 is 12.2 Å². The van der Waals surface area contributed by atoms with Gasteiger partial charge in [-0.3, -0.25) is 5.32 Å². The van der Waals surface area contributed by atoms with E-state index in [9.17, 15) is 23.1 Å². The molecular formula is C15H15F3N4O4S. The maximum absolute atomic E-state index is 13.0. The van der Waals surface area contributed by atoms with E-state index in [1.54, 1.807) is 0 Å². The Labute approximate surface area is 155 Å². The molecule has 1 fully saturated rings. The molecule has 12 heteroatoms. The Balaban J connectivity index is 1.64. The molecule has 1 aromatic carbocycles. The summed E-state index contributed by atoms with van der Waals surface area (Å²) in [6, 6.07) is 3.68. The first kappa shape index (κ1) is 19.5. The maximum Gasteiger partial charge on any atom is 0.418 e. The van der Waals surface area contributed by atoms with Crippen LogP contribution in [-0.4, -0.2) is 45.3 Å². The number of para-hydroxylation sites is 1. The highest BCUT2D eigenvalue weighted by Crippen LogP contribution is 2.36. The number of urea groups is 1. The first-order valence-corrected chi connectivity index (χ1v) is 8.61. The zero-order chi connectivity index (χ0) is 19.6. The van der Waals surface area contributed by atoms with Crippen LogP contribution in [0.25, 0.3) is 0 Å². The van der Waals surface area contributed by atoms with E-state index in [0.29, 0.717) is 5.01 Å². The minimum atomic E-state index is -4.61. The lowest BCUT2D eigenvalue weighted by Gasteiger charge is -2.13. The average molecular weight is 404 g/mol. The molecule has 0 saturated carbocycles. The van der Waals surface area contributed by atoms with E-state index >= 15 is 0 Å². The molecule has 0 spiro atoms. The van der Waals surface area contributed by atoms with E-state index in [1.165, 1.54) is 12.1 Å². The van der Waals surface area contributed by atoms with Crippen LogP contribution in [0.5, 0.6) is 0 Å². The zero-order valence-corrected chi connectivity index (χ0v) is 14.4. The Morgan fingerprint density at radius 2 is 2.04 bits per heavy atom. The number of hydrogen-bond acceptors (Lipinski definition) is 7. The van der Waals surface area contributed by atoms with Gasteiger partial charge < -0.3 is 20.3 Å². The van der Waals surface area contributed by atoms with Crippen molar-refractivity contribution in [3.8, 4) is 0 Å². The number of carbonyl (C=O) groups is 1. The van der Waals surface area contributed by atoms with E-state index in [2.05, 4.69) is 20.8 Å². The number of alkyl halides is 3.